The number of pyridine rings is 1. The summed E-state index contributed by atoms with van der Waals surface area (Å²) >= 11 is 0. The van der Waals surface area contributed by atoms with Crippen molar-refractivity contribution in [1.29, 1.82) is 0 Å². The van der Waals surface area contributed by atoms with Crippen LogP contribution >= 0.6 is 0 Å². The molecule has 1 unspecified atom stereocenters. The zero-order valence-electron chi connectivity index (χ0n) is 26.5. The first kappa shape index (κ1) is 30.6. The second kappa shape index (κ2) is 13.3. The number of hydrogen-bond acceptors (Lipinski definition) is 5. The predicted molar refractivity (Wildman–Crippen MR) is 174 cm³/mol. The number of aryl methyl sites for hydroxylation is 2. The summed E-state index contributed by atoms with van der Waals surface area (Å²) in [5.41, 5.74) is 10.2. The van der Waals surface area contributed by atoms with Gasteiger partial charge in [0.15, 0.2) is 5.82 Å². The lowest BCUT2D eigenvalue weighted by Gasteiger charge is -2.31. The lowest BCUT2D eigenvalue weighted by atomic mass is 9.83. The topological polar surface area (TPSA) is 97.6 Å². The second-order valence-electron chi connectivity index (χ2n) is 12.1. The number of benzene rings is 2. The number of hydrogen-bond donors (Lipinski definition) is 1. The number of nitrogens with zero attached hydrogens (tertiary/aromatic N) is 4. The first-order valence-electron chi connectivity index (χ1n) is 16.3. The van der Waals surface area contributed by atoms with Gasteiger partial charge in [-0.25, -0.2) is 19.3 Å². The molecule has 1 fully saturated rings. The van der Waals surface area contributed by atoms with Gasteiger partial charge in [0.05, 0.1) is 24.2 Å². The Kier molecular flexibility index (Phi) is 9.01. The Bertz CT molecular complexity index is 1700. The van der Waals surface area contributed by atoms with E-state index in [1.54, 1.807) is 17.8 Å². The molecule has 0 bridgehead atoms. The molecule has 1 saturated heterocycles. The van der Waals surface area contributed by atoms with Crippen LogP contribution in [0.25, 0.3) is 17.1 Å². The molecule has 2 aromatic heterocycles. The van der Waals surface area contributed by atoms with Gasteiger partial charge in [0, 0.05) is 18.7 Å². The molecular formula is C37H42N4O4. The largest absolute Gasteiger partial charge is 0.465 e. The minimum atomic E-state index is -0.812. The Morgan fingerprint density at radius 2 is 1.78 bits per heavy atom. The van der Waals surface area contributed by atoms with E-state index >= 15 is 0 Å². The van der Waals surface area contributed by atoms with Crippen LogP contribution in [0.5, 0.6) is 0 Å². The first-order valence-corrected chi connectivity index (χ1v) is 16.3. The van der Waals surface area contributed by atoms with Crippen molar-refractivity contribution in [2.45, 2.75) is 77.6 Å². The molecule has 2 aliphatic rings. The van der Waals surface area contributed by atoms with Crippen molar-refractivity contribution >= 4 is 12.1 Å². The summed E-state index contributed by atoms with van der Waals surface area (Å²) in [7, 11) is 0. The highest BCUT2D eigenvalue weighted by atomic mass is 16.5. The number of piperidine rings is 1. The SMILES string of the molecule is CCOC(=O)c1cnn(-c2cccc(-c3cccc4c3C(Cc3ccc(C5CCN(C(=O)O)CC5)c(CC)c3)CC4)n2)c1CC. The standard InChI is InChI=1S/C37H42N4O4/c1-4-25-21-24(13-16-29(25)26-17-19-40(20-18-26)37(43)44)22-28-15-14-27-9-7-10-30(35(27)28)32-11-8-12-34(39-32)41-33(5-2)31(23-38-41)36(42)45-6-3/h7-13,16,21,23,26,28H,4-6,14-15,17-20,22H2,1-3H3,(H,43,44). The molecule has 45 heavy (non-hydrogen) atoms. The third kappa shape index (κ3) is 6.10. The summed E-state index contributed by atoms with van der Waals surface area (Å²) in [4.78, 5) is 30.5. The van der Waals surface area contributed by atoms with E-state index in [2.05, 4.69) is 54.5 Å². The van der Waals surface area contributed by atoms with Gasteiger partial charge in [-0.1, -0.05) is 56.3 Å². The van der Waals surface area contributed by atoms with Crippen molar-refractivity contribution in [1.82, 2.24) is 19.7 Å². The zero-order valence-corrected chi connectivity index (χ0v) is 26.5. The molecule has 1 N–H and O–H groups in total. The molecule has 0 radical (unpaired) electrons. The van der Waals surface area contributed by atoms with Gasteiger partial charge < -0.3 is 14.7 Å². The maximum Gasteiger partial charge on any atom is 0.407 e. The van der Waals surface area contributed by atoms with E-state index < -0.39 is 6.09 Å². The summed E-state index contributed by atoms with van der Waals surface area (Å²) in [6.07, 6.45) is 7.25. The summed E-state index contributed by atoms with van der Waals surface area (Å²) in [5, 5.41) is 13.9. The lowest BCUT2D eigenvalue weighted by Crippen LogP contribution is -2.37. The van der Waals surface area contributed by atoms with Crippen LogP contribution in [-0.2, 0) is 30.4 Å². The van der Waals surface area contributed by atoms with E-state index in [0.29, 0.717) is 49.3 Å². The van der Waals surface area contributed by atoms with Crippen LogP contribution in [0, 0.1) is 0 Å². The van der Waals surface area contributed by atoms with E-state index in [9.17, 15) is 14.7 Å². The molecule has 4 aromatic rings. The van der Waals surface area contributed by atoms with Crippen LogP contribution < -0.4 is 0 Å². The number of carbonyl (C=O) groups is 2. The fraction of sp³-hybridized carbons (Fsp3) is 0.405. The third-order valence-electron chi connectivity index (χ3n) is 9.57. The number of fused-ring (bicyclic) bond motifs is 1. The maximum atomic E-state index is 12.5. The Hall–Kier alpha value is -4.46. The fourth-order valence-electron chi connectivity index (χ4n) is 7.35. The van der Waals surface area contributed by atoms with Crippen LogP contribution in [0.2, 0.25) is 0 Å². The van der Waals surface area contributed by atoms with Gasteiger partial charge in [-0.3, -0.25) is 0 Å². The summed E-state index contributed by atoms with van der Waals surface area (Å²) < 4.78 is 7.01. The van der Waals surface area contributed by atoms with Gasteiger partial charge in [0.1, 0.15) is 5.56 Å². The number of carboxylic acid groups (broad SMARTS) is 1. The Morgan fingerprint density at radius 1 is 0.978 bits per heavy atom. The molecule has 6 rings (SSSR count). The third-order valence-corrected chi connectivity index (χ3v) is 9.57. The molecule has 2 aromatic carbocycles. The van der Waals surface area contributed by atoms with Crippen molar-refractivity contribution in [2.75, 3.05) is 19.7 Å². The van der Waals surface area contributed by atoms with Gasteiger partial charge in [-0.05, 0) is 104 Å². The summed E-state index contributed by atoms with van der Waals surface area (Å²) in [6.45, 7) is 7.56. The fourth-order valence-corrected chi connectivity index (χ4v) is 7.35. The highest BCUT2D eigenvalue weighted by molar-refractivity contribution is 5.90. The van der Waals surface area contributed by atoms with Gasteiger partial charge in [-0.15, -0.1) is 0 Å². The smallest absolute Gasteiger partial charge is 0.407 e. The molecule has 0 spiro atoms. The summed E-state index contributed by atoms with van der Waals surface area (Å²) in [6, 6.07) is 19.6. The van der Waals surface area contributed by atoms with Crippen LogP contribution in [0.1, 0.15) is 95.7 Å². The monoisotopic (exact) mass is 606 g/mol. The Morgan fingerprint density at radius 3 is 2.51 bits per heavy atom. The number of rotatable bonds is 9. The number of carbonyl (C=O) groups excluding carboxylic acids is 1. The second-order valence-corrected chi connectivity index (χ2v) is 12.1. The number of amides is 1. The van der Waals surface area contributed by atoms with E-state index in [4.69, 9.17) is 9.72 Å². The highest BCUT2D eigenvalue weighted by Gasteiger charge is 2.28. The average Bonchev–Trinajstić information content (AvgIpc) is 3.69. The van der Waals surface area contributed by atoms with Crippen molar-refractivity contribution in [3.63, 3.8) is 0 Å². The van der Waals surface area contributed by atoms with E-state index in [1.807, 2.05) is 19.1 Å². The highest BCUT2D eigenvalue weighted by Crippen LogP contribution is 2.42. The molecule has 8 nitrogen and oxygen atoms in total. The van der Waals surface area contributed by atoms with Crippen LogP contribution in [0.4, 0.5) is 4.79 Å². The molecule has 1 amide bonds. The molecule has 0 saturated carbocycles. The normalized spacial score (nSPS) is 16.5. The molecule has 234 valence electrons. The Balaban J connectivity index is 1.26. The van der Waals surface area contributed by atoms with Crippen molar-refractivity contribution < 1.29 is 19.4 Å². The van der Waals surface area contributed by atoms with Crippen LogP contribution in [-0.4, -0.2) is 56.5 Å². The van der Waals surface area contributed by atoms with Crippen molar-refractivity contribution in [2.24, 2.45) is 0 Å². The maximum absolute atomic E-state index is 12.5. The predicted octanol–water partition coefficient (Wildman–Crippen LogP) is 7.37. The van der Waals surface area contributed by atoms with Gasteiger partial charge in [0.2, 0.25) is 0 Å². The number of likely N-dealkylation sites (tertiary alicyclic amines) is 1. The van der Waals surface area contributed by atoms with Crippen molar-refractivity contribution in [3.8, 4) is 17.1 Å². The lowest BCUT2D eigenvalue weighted by molar-refractivity contribution is 0.0525. The van der Waals surface area contributed by atoms with E-state index in [1.165, 1.54) is 32.7 Å². The van der Waals surface area contributed by atoms with Crippen molar-refractivity contribution in [3.05, 3.63) is 99.9 Å². The minimum Gasteiger partial charge on any atom is -0.465 e. The molecule has 1 aliphatic carbocycles. The van der Waals surface area contributed by atoms with E-state index in [0.717, 1.165) is 55.5 Å². The number of esters is 1. The number of aromatic nitrogens is 3. The van der Waals surface area contributed by atoms with Gasteiger partial charge >= 0.3 is 12.1 Å². The van der Waals surface area contributed by atoms with E-state index in [-0.39, 0.29) is 5.97 Å². The van der Waals surface area contributed by atoms with Gasteiger partial charge in [-0.2, -0.15) is 5.10 Å². The minimum absolute atomic E-state index is 0.319. The average molecular weight is 607 g/mol. The van der Waals surface area contributed by atoms with Crippen LogP contribution in [0.15, 0.2) is 60.8 Å². The molecule has 8 heteroatoms. The molecular weight excluding hydrogens is 564 g/mol. The number of ether oxygens (including phenoxy) is 1. The van der Waals surface area contributed by atoms with Gasteiger partial charge in [0.25, 0.3) is 0 Å². The molecule has 1 atom stereocenters. The zero-order chi connectivity index (χ0) is 31.5. The quantitative estimate of drug-likeness (QED) is 0.200. The summed E-state index contributed by atoms with van der Waals surface area (Å²) in [5.74, 6) is 1.13. The van der Waals surface area contributed by atoms with Crippen LogP contribution in [0.3, 0.4) is 0 Å². The molecule has 1 aliphatic heterocycles. The first-order chi connectivity index (χ1) is 21.9. The molecule has 3 heterocycles. The Labute approximate surface area is 265 Å².